The van der Waals surface area contributed by atoms with E-state index >= 15 is 0 Å². The van der Waals surface area contributed by atoms with Gasteiger partial charge in [-0.3, -0.25) is 10.1 Å². The number of carbonyl (C=O) groups excluding carboxylic acids is 1. The van der Waals surface area contributed by atoms with Crippen molar-refractivity contribution in [1.29, 1.82) is 0 Å². The molecule has 1 aliphatic carbocycles. The topological polar surface area (TPSA) is 41.1 Å². The largest absolute Gasteiger partial charge is 0.352 e. The minimum atomic E-state index is 0.0582. The molecule has 1 saturated carbocycles. The zero-order chi connectivity index (χ0) is 11.8. The summed E-state index contributed by atoms with van der Waals surface area (Å²) in [4.78, 5) is 11.5. The molecule has 0 heterocycles. The maximum Gasteiger partial charge on any atom is 0.234 e. The lowest BCUT2D eigenvalue weighted by Crippen LogP contribution is -2.42. The second-order valence-corrected chi connectivity index (χ2v) is 5.22. The number of carbonyl (C=O) groups is 1. The molecule has 0 radical (unpaired) electrons. The normalized spacial score (nSPS) is 24.8. The fourth-order valence-corrected chi connectivity index (χ4v) is 2.71. The van der Waals surface area contributed by atoms with Crippen molar-refractivity contribution in [3.63, 3.8) is 0 Å². The van der Waals surface area contributed by atoms with Gasteiger partial charge in [-0.1, -0.05) is 5.92 Å². The lowest BCUT2D eigenvalue weighted by atomic mass is 9.95. The van der Waals surface area contributed by atoms with E-state index in [1.54, 1.807) is 0 Å². The van der Waals surface area contributed by atoms with Crippen LogP contribution in [0.4, 0.5) is 0 Å². The summed E-state index contributed by atoms with van der Waals surface area (Å²) in [7, 11) is 0. The average molecular weight is 240 g/mol. The molecule has 0 aromatic carbocycles. The Balaban J connectivity index is 2.13. The molecule has 0 saturated heterocycles. The Morgan fingerprint density at radius 2 is 2.12 bits per heavy atom. The molecule has 0 bridgehead atoms. The molecule has 0 atom stereocenters. The SMILES string of the molecule is C#CCNCC(=O)NC1CCC(SC)CC1. The Morgan fingerprint density at radius 1 is 1.44 bits per heavy atom. The van der Waals surface area contributed by atoms with Crippen molar-refractivity contribution in [2.24, 2.45) is 0 Å². The van der Waals surface area contributed by atoms with Crippen LogP contribution < -0.4 is 10.6 Å². The molecule has 0 aromatic heterocycles. The summed E-state index contributed by atoms with van der Waals surface area (Å²) in [5.41, 5.74) is 0. The van der Waals surface area contributed by atoms with Gasteiger partial charge >= 0.3 is 0 Å². The molecule has 4 heteroatoms. The van der Waals surface area contributed by atoms with Crippen LogP contribution in [0.3, 0.4) is 0 Å². The third kappa shape index (κ3) is 4.91. The predicted molar refractivity (Wildman–Crippen MR) is 69.4 cm³/mol. The van der Waals surface area contributed by atoms with Gasteiger partial charge < -0.3 is 5.32 Å². The van der Waals surface area contributed by atoms with Gasteiger partial charge in [-0.2, -0.15) is 11.8 Å². The quantitative estimate of drug-likeness (QED) is 0.556. The van der Waals surface area contributed by atoms with Gasteiger partial charge in [-0.05, 0) is 31.9 Å². The Morgan fingerprint density at radius 3 is 2.69 bits per heavy atom. The van der Waals surface area contributed by atoms with E-state index < -0.39 is 0 Å². The van der Waals surface area contributed by atoms with Gasteiger partial charge in [0, 0.05) is 11.3 Å². The number of hydrogen-bond acceptors (Lipinski definition) is 3. The lowest BCUT2D eigenvalue weighted by Gasteiger charge is -2.28. The van der Waals surface area contributed by atoms with E-state index in [2.05, 4.69) is 22.8 Å². The van der Waals surface area contributed by atoms with Crippen LogP contribution in [0.15, 0.2) is 0 Å². The first-order chi connectivity index (χ1) is 7.76. The molecule has 0 spiro atoms. The molecule has 1 rings (SSSR count). The minimum Gasteiger partial charge on any atom is -0.352 e. The molecule has 16 heavy (non-hydrogen) atoms. The number of hydrogen-bond donors (Lipinski definition) is 2. The molecular weight excluding hydrogens is 220 g/mol. The maximum atomic E-state index is 11.5. The van der Waals surface area contributed by atoms with Crippen molar-refractivity contribution in [3.05, 3.63) is 0 Å². The molecule has 0 unspecified atom stereocenters. The van der Waals surface area contributed by atoms with Gasteiger partial charge in [0.1, 0.15) is 0 Å². The monoisotopic (exact) mass is 240 g/mol. The average Bonchev–Trinajstić information content (AvgIpc) is 2.30. The molecule has 0 aliphatic heterocycles. The highest BCUT2D eigenvalue weighted by atomic mass is 32.2. The van der Waals surface area contributed by atoms with E-state index in [1.807, 2.05) is 11.8 Å². The maximum absolute atomic E-state index is 11.5. The minimum absolute atomic E-state index is 0.0582. The third-order valence-electron chi connectivity index (χ3n) is 2.89. The smallest absolute Gasteiger partial charge is 0.234 e. The Labute approximate surface area is 102 Å². The first-order valence-electron chi connectivity index (χ1n) is 5.72. The second-order valence-electron chi connectivity index (χ2n) is 4.08. The Kier molecular flexibility index (Phi) is 6.36. The standard InChI is InChI=1S/C12H20N2OS/c1-3-8-13-9-12(15)14-10-4-6-11(16-2)7-5-10/h1,10-11,13H,4-9H2,2H3,(H,14,15). The molecular formula is C12H20N2OS. The Bertz CT molecular complexity index is 254. The summed E-state index contributed by atoms with van der Waals surface area (Å²) in [6, 6.07) is 0.364. The van der Waals surface area contributed by atoms with Crippen molar-refractivity contribution in [2.45, 2.75) is 37.0 Å². The van der Waals surface area contributed by atoms with Crippen molar-refractivity contribution in [3.8, 4) is 12.3 Å². The fourth-order valence-electron chi connectivity index (χ4n) is 1.97. The van der Waals surface area contributed by atoms with Crippen molar-refractivity contribution in [1.82, 2.24) is 10.6 Å². The van der Waals surface area contributed by atoms with Crippen LogP contribution in [0, 0.1) is 12.3 Å². The van der Waals surface area contributed by atoms with Gasteiger partial charge in [0.15, 0.2) is 0 Å². The summed E-state index contributed by atoms with van der Waals surface area (Å²) < 4.78 is 0. The zero-order valence-corrected chi connectivity index (χ0v) is 10.6. The highest BCUT2D eigenvalue weighted by molar-refractivity contribution is 7.99. The lowest BCUT2D eigenvalue weighted by molar-refractivity contribution is -0.121. The van der Waals surface area contributed by atoms with Gasteiger partial charge in [-0.15, -0.1) is 6.42 Å². The highest BCUT2D eigenvalue weighted by Gasteiger charge is 2.21. The third-order valence-corrected chi connectivity index (χ3v) is 4.02. The summed E-state index contributed by atoms with van der Waals surface area (Å²) in [6.45, 7) is 0.777. The van der Waals surface area contributed by atoms with Gasteiger partial charge in [-0.25, -0.2) is 0 Å². The van der Waals surface area contributed by atoms with E-state index in [9.17, 15) is 4.79 Å². The van der Waals surface area contributed by atoms with E-state index in [0.29, 0.717) is 19.1 Å². The van der Waals surface area contributed by atoms with Crippen LogP contribution in [0.1, 0.15) is 25.7 Å². The number of amides is 1. The number of nitrogens with one attached hydrogen (secondary N) is 2. The summed E-state index contributed by atoms with van der Waals surface area (Å²) in [6.07, 6.45) is 11.9. The van der Waals surface area contributed by atoms with Gasteiger partial charge in [0.05, 0.1) is 13.1 Å². The zero-order valence-electron chi connectivity index (χ0n) is 9.79. The predicted octanol–water partition coefficient (Wildman–Crippen LogP) is 1.000. The number of terminal acetylenes is 1. The molecule has 1 fully saturated rings. The molecule has 2 N–H and O–H groups in total. The fraction of sp³-hybridized carbons (Fsp3) is 0.750. The number of rotatable bonds is 5. The van der Waals surface area contributed by atoms with Crippen molar-refractivity contribution >= 4 is 17.7 Å². The highest BCUT2D eigenvalue weighted by Crippen LogP contribution is 2.26. The first kappa shape index (κ1) is 13.4. The molecule has 3 nitrogen and oxygen atoms in total. The van der Waals surface area contributed by atoms with Crippen LogP contribution in [0.25, 0.3) is 0 Å². The Hall–Kier alpha value is -0.660. The van der Waals surface area contributed by atoms with E-state index in [1.165, 1.54) is 12.8 Å². The van der Waals surface area contributed by atoms with E-state index in [-0.39, 0.29) is 5.91 Å². The van der Waals surface area contributed by atoms with Crippen LogP contribution >= 0.6 is 11.8 Å². The summed E-state index contributed by atoms with van der Waals surface area (Å²) >= 11 is 1.94. The van der Waals surface area contributed by atoms with Crippen LogP contribution in [-0.4, -0.2) is 36.5 Å². The summed E-state index contributed by atoms with van der Waals surface area (Å²) in [5.74, 6) is 2.50. The molecule has 0 aromatic rings. The van der Waals surface area contributed by atoms with Crippen molar-refractivity contribution < 1.29 is 4.79 Å². The van der Waals surface area contributed by atoms with Crippen LogP contribution in [-0.2, 0) is 4.79 Å². The number of thioether (sulfide) groups is 1. The van der Waals surface area contributed by atoms with Crippen molar-refractivity contribution in [2.75, 3.05) is 19.3 Å². The van der Waals surface area contributed by atoms with Gasteiger partial charge in [0.25, 0.3) is 0 Å². The van der Waals surface area contributed by atoms with Gasteiger partial charge in [0.2, 0.25) is 5.91 Å². The van der Waals surface area contributed by atoms with Crippen LogP contribution in [0.5, 0.6) is 0 Å². The first-order valence-corrected chi connectivity index (χ1v) is 7.01. The molecule has 90 valence electrons. The van der Waals surface area contributed by atoms with E-state index in [0.717, 1.165) is 18.1 Å². The van der Waals surface area contributed by atoms with E-state index in [4.69, 9.17) is 6.42 Å². The second kappa shape index (κ2) is 7.59. The summed E-state index contributed by atoms with van der Waals surface area (Å²) in [5, 5.41) is 6.72. The molecule has 1 amide bonds. The molecule has 1 aliphatic rings. The van der Waals surface area contributed by atoms with Crippen LogP contribution in [0.2, 0.25) is 0 Å².